The number of esters is 1. The van der Waals surface area contributed by atoms with Crippen LogP contribution in [0.3, 0.4) is 0 Å². The van der Waals surface area contributed by atoms with Crippen molar-refractivity contribution in [3.63, 3.8) is 0 Å². The molecule has 26 heavy (non-hydrogen) atoms. The number of halogens is 2. The van der Waals surface area contributed by atoms with Gasteiger partial charge in [0.1, 0.15) is 11.6 Å². The summed E-state index contributed by atoms with van der Waals surface area (Å²) < 4.78 is 23.2. The van der Waals surface area contributed by atoms with Gasteiger partial charge in [-0.05, 0) is 30.3 Å². The molecule has 136 valence electrons. The molecular formula is C17H14ClFN2O5. The van der Waals surface area contributed by atoms with Gasteiger partial charge in [0.15, 0.2) is 13.2 Å². The van der Waals surface area contributed by atoms with Gasteiger partial charge >= 0.3 is 5.97 Å². The maximum absolute atomic E-state index is 13.4. The highest BCUT2D eigenvalue weighted by Gasteiger charge is 2.13. The van der Waals surface area contributed by atoms with Crippen LogP contribution in [-0.2, 0) is 14.3 Å². The van der Waals surface area contributed by atoms with Gasteiger partial charge in [-0.1, -0.05) is 29.8 Å². The Morgan fingerprint density at radius 3 is 2.50 bits per heavy atom. The van der Waals surface area contributed by atoms with Crippen molar-refractivity contribution >= 4 is 29.4 Å². The first-order valence-electron chi connectivity index (χ1n) is 7.33. The predicted molar refractivity (Wildman–Crippen MR) is 89.9 cm³/mol. The largest absolute Gasteiger partial charge is 0.482 e. The number of carbonyl (C=O) groups is 3. The molecule has 7 nitrogen and oxygen atoms in total. The molecule has 0 unspecified atom stereocenters. The third-order valence-corrected chi connectivity index (χ3v) is 3.19. The van der Waals surface area contributed by atoms with E-state index < -0.39 is 36.8 Å². The van der Waals surface area contributed by atoms with Crippen LogP contribution in [0.1, 0.15) is 10.4 Å². The molecule has 0 heterocycles. The highest BCUT2D eigenvalue weighted by Crippen LogP contribution is 2.16. The van der Waals surface area contributed by atoms with E-state index >= 15 is 0 Å². The Morgan fingerprint density at radius 1 is 1.00 bits per heavy atom. The van der Waals surface area contributed by atoms with Crippen LogP contribution < -0.4 is 15.6 Å². The highest BCUT2D eigenvalue weighted by atomic mass is 35.5. The summed E-state index contributed by atoms with van der Waals surface area (Å²) in [6.45, 7) is -1.06. The van der Waals surface area contributed by atoms with Crippen LogP contribution in [0.25, 0.3) is 0 Å². The number of carbonyl (C=O) groups excluding carboxylic acids is 3. The fourth-order valence-electron chi connectivity index (χ4n) is 1.76. The van der Waals surface area contributed by atoms with Gasteiger partial charge in [-0.15, -0.1) is 0 Å². The van der Waals surface area contributed by atoms with E-state index in [1.54, 1.807) is 18.2 Å². The van der Waals surface area contributed by atoms with Crippen LogP contribution in [0.4, 0.5) is 4.39 Å². The third kappa shape index (κ3) is 6.06. The molecule has 0 saturated heterocycles. The van der Waals surface area contributed by atoms with Crippen LogP contribution in [-0.4, -0.2) is 31.0 Å². The maximum atomic E-state index is 13.4. The molecule has 0 aliphatic carbocycles. The average molecular weight is 381 g/mol. The second-order valence-electron chi connectivity index (χ2n) is 4.89. The smallest absolute Gasteiger partial charge is 0.344 e. The molecule has 0 atom stereocenters. The SMILES string of the molecule is O=C(COC(=O)COc1cccc(Cl)c1)NNC(=O)c1ccccc1F. The zero-order chi connectivity index (χ0) is 18.9. The quantitative estimate of drug-likeness (QED) is 0.589. The van der Waals surface area contributed by atoms with Crippen LogP contribution >= 0.6 is 11.6 Å². The Labute approximate surface area is 153 Å². The summed E-state index contributed by atoms with van der Waals surface area (Å²) in [6.07, 6.45) is 0. The summed E-state index contributed by atoms with van der Waals surface area (Å²) in [5.41, 5.74) is 3.78. The Balaban J connectivity index is 1.69. The number of hydrogen-bond acceptors (Lipinski definition) is 5. The highest BCUT2D eigenvalue weighted by molar-refractivity contribution is 6.30. The van der Waals surface area contributed by atoms with Crippen molar-refractivity contribution < 1.29 is 28.2 Å². The van der Waals surface area contributed by atoms with Gasteiger partial charge in [0, 0.05) is 5.02 Å². The molecule has 0 bridgehead atoms. The normalized spacial score (nSPS) is 9.92. The standard InChI is InChI=1S/C17H14ClFN2O5/c18-11-4-3-5-12(8-11)25-10-16(23)26-9-15(22)20-21-17(24)13-6-1-2-7-14(13)19/h1-8H,9-10H2,(H,20,22)(H,21,24). The van der Waals surface area contributed by atoms with E-state index in [0.29, 0.717) is 10.8 Å². The third-order valence-electron chi connectivity index (χ3n) is 2.95. The summed E-state index contributed by atoms with van der Waals surface area (Å²) in [5.74, 6) is -2.79. The van der Waals surface area contributed by atoms with E-state index in [-0.39, 0.29) is 5.56 Å². The summed E-state index contributed by atoms with van der Waals surface area (Å²) in [7, 11) is 0. The van der Waals surface area contributed by atoms with Crippen molar-refractivity contribution in [3.05, 3.63) is 64.9 Å². The topological polar surface area (TPSA) is 93.7 Å². The molecule has 0 fully saturated rings. The Hall–Kier alpha value is -3.13. The van der Waals surface area contributed by atoms with Crippen LogP contribution in [0.5, 0.6) is 5.75 Å². The molecular weight excluding hydrogens is 367 g/mol. The number of nitrogens with one attached hydrogen (secondary N) is 2. The van der Waals surface area contributed by atoms with E-state index in [1.165, 1.54) is 24.3 Å². The average Bonchev–Trinajstić information content (AvgIpc) is 2.63. The number of benzene rings is 2. The minimum atomic E-state index is -0.841. The minimum Gasteiger partial charge on any atom is -0.482 e. The van der Waals surface area contributed by atoms with Gasteiger partial charge in [-0.2, -0.15) is 0 Å². The molecule has 0 aliphatic heterocycles. The summed E-state index contributed by atoms with van der Waals surface area (Å²) in [6, 6.07) is 11.7. The lowest BCUT2D eigenvalue weighted by atomic mass is 10.2. The monoisotopic (exact) mass is 380 g/mol. The fourth-order valence-corrected chi connectivity index (χ4v) is 1.94. The molecule has 2 N–H and O–H groups in total. The lowest BCUT2D eigenvalue weighted by Crippen LogP contribution is -2.44. The molecule has 2 amide bonds. The van der Waals surface area contributed by atoms with Crippen molar-refractivity contribution in [3.8, 4) is 5.75 Å². The van der Waals surface area contributed by atoms with Gasteiger partial charge < -0.3 is 9.47 Å². The molecule has 0 saturated carbocycles. The van der Waals surface area contributed by atoms with Crippen LogP contribution in [0.2, 0.25) is 5.02 Å². The first kappa shape index (κ1) is 19.2. The van der Waals surface area contributed by atoms with E-state index in [1.807, 2.05) is 10.9 Å². The summed E-state index contributed by atoms with van der Waals surface area (Å²) >= 11 is 5.77. The van der Waals surface area contributed by atoms with Crippen molar-refractivity contribution in [2.24, 2.45) is 0 Å². The molecule has 0 aromatic heterocycles. The molecule has 9 heteroatoms. The van der Waals surface area contributed by atoms with E-state index in [0.717, 1.165) is 6.07 Å². The molecule has 2 aromatic rings. The summed E-state index contributed by atoms with van der Waals surface area (Å²) in [4.78, 5) is 34.7. The van der Waals surface area contributed by atoms with E-state index in [4.69, 9.17) is 16.3 Å². The van der Waals surface area contributed by atoms with Gasteiger partial charge in [0.25, 0.3) is 11.8 Å². The lowest BCUT2D eigenvalue weighted by Gasteiger charge is -2.09. The van der Waals surface area contributed by atoms with Crippen molar-refractivity contribution in [2.45, 2.75) is 0 Å². The number of amides is 2. The zero-order valence-corrected chi connectivity index (χ0v) is 14.1. The molecule has 0 aliphatic rings. The lowest BCUT2D eigenvalue weighted by molar-refractivity contribution is -0.150. The van der Waals surface area contributed by atoms with Crippen molar-refractivity contribution in [2.75, 3.05) is 13.2 Å². The predicted octanol–water partition coefficient (Wildman–Crippen LogP) is 1.86. The fraction of sp³-hybridized carbons (Fsp3) is 0.118. The van der Waals surface area contributed by atoms with E-state index in [9.17, 15) is 18.8 Å². The first-order valence-corrected chi connectivity index (χ1v) is 7.71. The molecule has 2 rings (SSSR count). The van der Waals surface area contributed by atoms with Gasteiger partial charge in [0.2, 0.25) is 0 Å². The first-order chi connectivity index (χ1) is 12.5. The molecule has 0 spiro atoms. The van der Waals surface area contributed by atoms with Crippen molar-refractivity contribution in [1.29, 1.82) is 0 Å². The minimum absolute atomic E-state index is 0.236. The second kappa shape index (κ2) is 9.38. The Bertz CT molecular complexity index is 815. The Morgan fingerprint density at radius 2 is 1.77 bits per heavy atom. The molecule has 2 aromatic carbocycles. The van der Waals surface area contributed by atoms with E-state index in [2.05, 4.69) is 4.74 Å². The van der Waals surface area contributed by atoms with Crippen LogP contribution in [0.15, 0.2) is 48.5 Å². The summed E-state index contributed by atoms with van der Waals surface area (Å²) in [5, 5.41) is 0.445. The zero-order valence-electron chi connectivity index (χ0n) is 13.3. The number of rotatable bonds is 6. The molecule has 0 radical (unpaired) electrons. The van der Waals surface area contributed by atoms with Crippen LogP contribution in [0, 0.1) is 5.82 Å². The van der Waals surface area contributed by atoms with Gasteiger partial charge in [0.05, 0.1) is 5.56 Å². The number of hydrazine groups is 1. The van der Waals surface area contributed by atoms with Gasteiger partial charge in [-0.25, -0.2) is 9.18 Å². The second-order valence-corrected chi connectivity index (χ2v) is 5.33. The Kier molecular flexibility index (Phi) is 6.92. The number of ether oxygens (including phenoxy) is 2. The number of hydrogen-bond donors (Lipinski definition) is 2. The maximum Gasteiger partial charge on any atom is 0.344 e. The van der Waals surface area contributed by atoms with Gasteiger partial charge in [-0.3, -0.25) is 20.4 Å². The van der Waals surface area contributed by atoms with Crippen molar-refractivity contribution in [1.82, 2.24) is 10.9 Å².